The zero-order chi connectivity index (χ0) is 15.8. The maximum Gasteiger partial charge on any atom is 0.127 e. The van der Waals surface area contributed by atoms with Gasteiger partial charge in [0.05, 0.1) is 0 Å². The highest BCUT2D eigenvalue weighted by Gasteiger charge is 2.50. The van der Waals surface area contributed by atoms with Crippen molar-refractivity contribution in [1.82, 2.24) is 0 Å². The Balaban J connectivity index is 2.04. The molecule has 0 amide bonds. The third kappa shape index (κ3) is 2.43. The third-order valence-corrected chi connectivity index (χ3v) is 5.62. The van der Waals surface area contributed by atoms with Crippen molar-refractivity contribution in [3.05, 3.63) is 42.0 Å². The maximum atomic E-state index is 10.7. The predicted molar refractivity (Wildman–Crippen MR) is 88.8 cm³/mol. The van der Waals surface area contributed by atoms with E-state index in [1.54, 1.807) is 6.07 Å². The molecule has 1 aromatic carbocycles. The first-order chi connectivity index (χ1) is 10.5. The van der Waals surface area contributed by atoms with Crippen LogP contribution < -0.4 is 0 Å². The molecule has 0 unspecified atom stereocenters. The summed E-state index contributed by atoms with van der Waals surface area (Å²) in [5, 5.41) is 22.8. The minimum absolute atomic E-state index is 0.00323. The first kappa shape index (κ1) is 15.5. The summed E-state index contributed by atoms with van der Waals surface area (Å²) in [6, 6.07) is 5.71. The largest absolute Gasteiger partial charge is 0.508 e. The Hall–Kier alpha value is -1.43. The number of hydrogen-bond acceptors (Lipinski definition) is 2. The molecule has 2 nitrogen and oxygen atoms in total. The molecular formula is C19H21ClO2. The molecule has 0 aliphatic heterocycles. The fourth-order valence-corrected chi connectivity index (χ4v) is 4.69. The molecule has 0 spiro atoms. The zero-order valence-corrected chi connectivity index (χ0v) is 13.4. The van der Waals surface area contributed by atoms with Gasteiger partial charge in [-0.3, -0.25) is 0 Å². The van der Waals surface area contributed by atoms with Crippen molar-refractivity contribution in [3.63, 3.8) is 0 Å². The minimum Gasteiger partial charge on any atom is -0.508 e. The lowest BCUT2D eigenvalue weighted by molar-refractivity contribution is -0.00713. The quantitative estimate of drug-likeness (QED) is 0.642. The van der Waals surface area contributed by atoms with E-state index in [1.165, 1.54) is 11.1 Å². The normalized spacial score (nSPS) is 33.1. The van der Waals surface area contributed by atoms with E-state index < -0.39 is 5.60 Å². The van der Waals surface area contributed by atoms with E-state index in [9.17, 15) is 10.2 Å². The SMILES string of the molecule is C=CC[C@@]12CC[C@](O)(C#CCl)C[C@@H]1CCc1cc(O)ccc12. The van der Waals surface area contributed by atoms with Crippen molar-refractivity contribution in [1.29, 1.82) is 0 Å². The Bertz CT molecular complexity index is 657. The number of benzene rings is 1. The van der Waals surface area contributed by atoms with E-state index in [-0.39, 0.29) is 5.41 Å². The van der Waals surface area contributed by atoms with Crippen molar-refractivity contribution in [2.45, 2.75) is 49.5 Å². The Labute approximate surface area is 136 Å². The molecule has 1 fully saturated rings. The van der Waals surface area contributed by atoms with Crippen LogP contribution in [0.3, 0.4) is 0 Å². The number of aryl methyl sites for hydroxylation is 1. The van der Waals surface area contributed by atoms with Crippen LogP contribution in [-0.2, 0) is 11.8 Å². The lowest BCUT2D eigenvalue weighted by Gasteiger charge is -2.52. The lowest BCUT2D eigenvalue weighted by atomic mass is 9.53. The Morgan fingerprint density at radius 3 is 2.95 bits per heavy atom. The second-order valence-electron chi connectivity index (χ2n) is 6.68. The van der Waals surface area contributed by atoms with Crippen molar-refractivity contribution in [3.8, 4) is 17.0 Å². The highest BCUT2D eigenvalue weighted by Crippen LogP contribution is 2.54. The van der Waals surface area contributed by atoms with Gasteiger partial charge in [0.15, 0.2) is 0 Å². The third-order valence-electron chi connectivity index (χ3n) is 5.53. The maximum absolute atomic E-state index is 10.7. The molecule has 2 aliphatic carbocycles. The van der Waals surface area contributed by atoms with E-state index in [1.807, 2.05) is 12.1 Å². The summed E-state index contributed by atoms with van der Waals surface area (Å²) in [5.41, 5.74) is 1.57. The summed E-state index contributed by atoms with van der Waals surface area (Å²) in [6.07, 6.45) is 6.93. The second kappa shape index (κ2) is 5.65. The van der Waals surface area contributed by atoms with Gasteiger partial charge in [-0.2, -0.15) is 0 Å². The topological polar surface area (TPSA) is 40.5 Å². The number of phenols is 1. The number of halogens is 1. The molecule has 116 valence electrons. The van der Waals surface area contributed by atoms with Gasteiger partial charge in [0.25, 0.3) is 0 Å². The lowest BCUT2D eigenvalue weighted by Crippen LogP contribution is -2.49. The predicted octanol–water partition coefficient (Wildman–Crippen LogP) is 3.88. The van der Waals surface area contributed by atoms with E-state index in [0.717, 1.165) is 25.7 Å². The van der Waals surface area contributed by atoms with Gasteiger partial charge in [-0.05, 0) is 79.3 Å². The summed E-state index contributed by atoms with van der Waals surface area (Å²) in [4.78, 5) is 0. The number of aliphatic hydroxyl groups is 1. The van der Waals surface area contributed by atoms with Gasteiger partial charge < -0.3 is 10.2 Å². The number of rotatable bonds is 2. The van der Waals surface area contributed by atoms with Gasteiger partial charge in [0.2, 0.25) is 0 Å². The molecular weight excluding hydrogens is 296 g/mol. The number of hydrogen-bond donors (Lipinski definition) is 2. The van der Waals surface area contributed by atoms with Gasteiger partial charge in [0, 0.05) is 10.8 Å². The molecule has 2 aliphatic rings. The number of phenolic OH excluding ortho intramolecular Hbond substituents is 1. The molecule has 22 heavy (non-hydrogen) atoms. The fraction of sp³-hybridized carbons (Fsp3) is 0.474. The van der Waals surface area contributed by atoms with Gasteiger partial charge in [0.1, 0.15) is 11.4 Å². The zero-order valence-electron chi connectivity index (χ0n) is 12.6. The average molecular weight is 317 g/mol. The highest BCUT2D eigenvalue weighted by molar-refractivity contribution is 6.30. The number of allylic oxidation sites excluding steroid dienone is 1. The highest BCUT2D eigenvalue weighted by atomic mass is 35.5. The van der Waals surface area contributed by atoms with Crippen LogP contribution in [-0.4, -0.2) is 15.8 Å². The Morgan fingerprint density at radius 2 is 2.23 bits per heavy atom. The van der Waals surface area contributed by atoms with Gasteiger partial charge in [-0.25, -0.2) is 0 Å². The summed E-state index contributed by atoms with van der Waals surface area (Å²) >= 11 is 5.53. The van der Waals surface area contributed by atoms with Crippen LogP contribution in [0.4, 0.5) is 0 Å². The molecule has 2 N–H and O–H groups in total. The average Bonchev–Trinajstić information content (AvgIpc) is 2.48. The van der Waals surface area contributed by atoms with Gasteiger partial charge in [-0.1, -0.05) is 18.1 Å². The van der Waals surface area contributed by atoms with E-state index in [2.05, 4.69) is 23.9 Å². The molecule has 0 heterocycles. The summed E-state index contributed by atoms with van der Waals surface area (Å²) in [5.74, 6) is 3.48. The first-order valence-corrected chi connectivity index (χ1v) is 8.19. The van der Waals surface area contributed by atoms with E-state index >= 15 is 0 Å². The van der Waals surface area contributed by atoms with E-state index in [4.69, 9.17) is 11.6 Å². The van der Waals surface area contributed by atoms with Crippen molar-refractivity contribution < 1.29 is 10.2 Å². The summed E-state index contributed by atoms with van der Waals surface area (Å²) in [7, 11) is 0. The second-order valence-corrected chi connectivity index (χ2v) is 6.87. The number of fused-ring (bicyclic) bond motifs is 3. The molecule has 1 saturated carbocycles. The molecule has 0 saturated heterocycles. The monoisotopic (exact) mass is 316 g/mol. The Kier molecular flexibility index (Phi) is 3.97. The van der Waals surface area contributed by atoms with Crippen LogP contribution in [0, 0.1) is 17.2 Å². The van der Waals surface area contributed by atoms with E-state index in [0.29, 0.717) is 24.5 Å². The summed E-state index contributed by atoms with van der Waals surface area (Å²) < 4.78 is 0. The van der Waals surface area contributed by atoms with Crippen LogP contribution in [0.2, 0.25) is 0 Å². The molecule has 3 rings (SSSR count). The number of aromatic hydroxyl groups is 1. The first-order valence-electron chi connectivity index (χ1n) is 7.81. The smallest absolute Gasteiger partial charge is 0.127 e. The molecule has 0 bridgehead atoms. The van der Waals surface area contributed by atoms with Crippen LogP contribution in [0.25, 0.3) is 0 Å². The molecule has 1 aromatic rings. The van der Waals surface area contributed by atoms with Gasteiger partial charge in [-0.15, -0.1) is 6.58 Å². The van der Waals surface area contributed by atoms with Crippen LogP contribution in [0.15, 0.2) is 30.9 Å². The Morgan fingerprint density at radius 1 is 1.41 bits per heavy atom. The van der Waals surface area contributed by atoms with Crippen molar-refractivity contribution in [2.24, 2.45) is 5.92 Å². The van der Waals surface area contributed by atoms with Gasteiger partial charge >= 0.3 is 0 Å². The molecule has 0 radical (unpaired) electrons. The van der Waals surface area contributed by atoms with Crippen LogP contribution in [0.5, 0.6) is 5.75 Å². The minimum atomic E-state index is -0.967. The van der Waals surface area contributed by atoms with Crippen molar-refractivity contribution in [2.75, 3.05) is 0 Å². The standard InChI is InChI=1S/C19H21ClO2/c1-2-7-19-9-8-18(22,10-11-20)13-15(19)4-3-14-12-16(21)5-6-17(14)19/h2,5-6,12,15,21-22H,1,3-4,7-9,13H2/t15-,18-,19+/m0/s1. The molecule has 3 atom stereocenters. The fourth-order valence-electron chi connectivity index (χ4n) is 4.51. The van der Waals surface area contributed by atoms with Crippen molar-refractivity contribution >= 4 is 11.6 Å². The summed E-state index contributed by atoms with van der Waals surface area (Å²) in [6.45, 7) is 3.94. The van der Waals surface area contributed by atoms with Crippen LogP contribution in [0.1, 0.15) is 43.2 Å². The molecule has 0 aromatic heterocycles. The molecule has 3 heteroatoms. The van der Waals surface area contributed by atoms with Crippen LogP contribution >= 0.6 is 11.6 Å².